The molecule has 0 unspecified atom stereocenters. The maximum atomic E-state index is 6.02. The molecule has 0 aliphatic heterocycles. The Bertz CT molecular complexity index is 436. The van der Waals surface area contributed by atoms with Crippen molar-refractivity contribution in [2.75, 3.05) is 5.73 Å². The van der Waals surface area contributed by atoms with Gasteiger partial charge in [0.25, 0.3) is 0 Å². The molecule has 3 nitrogen and oxygen atoms in total. The van der Waals surface area contributed by atoms with Gasteiger partial charge >= 0.3 is 0 Å². The third-order valence-corrected chi connectivity index (χ3v) is 2.46. The molecule has 1 aromatic carbocycles. The van der Waals surface area contributed by atoms with Crippen LogP contribution in [0.15, 0.2) is 30.5 Å². The molecule has 0 saturated heterocycles. The number of anilines is 1. The highest BCUT2D eigenvalue weighted by atomic mass is 35.5. The van der Waals surface area contributed by atoms with E-state index in [1.165, 1.54) is 0 Å². The van der Waals surface area contributed by atoms with E-state index in [1.807, 2.05) is 24.3 Å². The van der Waals surface area contributed by atoms with Gasteiger partial charge in [0.1, 0.15) is 5.82 Å². The van der Waals surface area contributed by atoms with Gasteiger partial charge in [0.2, 0.25) is 0 Å². The van der Waals surface area contributed by atoms with E-state index in [4.69, 9.17) is 17.3 Å². The molecule has 0 amide bonds. The molecule has 0 bridgehead atoms. The van der Waals surface area contributed by atoms with Crippen LogP contribution in [-0.4, -0.2) is 10.2 Å². The molecular weight excluding hydrogens is 198 g/mol. The van der Waals surface area contributed by atoms with Gasteiger partial charge in [-0.1, -0.05) is 29.8 Å². The van der Waals surface area contributed by atoms with E-state index >= 15 is 0 Å². The van der Waals surface area contributed by atoms with Crippen LogP contribution in [-0.2, 0) is 6.42 Å². The van der Waals surface area contributed by atoms with Crippen LogP contribution in [0.3, 0.4) is 0 Å². The number of nitrogen functional groups attached to an aromatic ring is 1. The number of H-pyrrole nitrogens is 1. The molecule has 0 atom stereocenters. The number of halogens is 1. The van der Waals surface area contributed by atoms with Crippen LogP contribution >= 0.6 is 11.6 Å². The number of nitrogens with zero attached hydrogens (tertiary/aromatic N) is 1. The van der Waals surface area contributed by atoms with Crippen LogP contribution in [0.5, 0.6) is 0 Å². The molecule has 14 heavy (non-hydrogen) atoms. The van der Waals surface area contributed by atoms with Gasteiger partial charge in [-0.25, -0.2) is 0 Å². The number of nitrogens with two attached hydrogens (primary N) is 1. The van der Waals surface area contributed by atoms with Crippen LogP contribution in [0.4, 0.5) is 5.82 Å². The summed E-state index contributed by atoms with van der Waals surface area (Å²) in [7, 11) is 0. The number of rotatable bonds is 2. The Kier molecular flexibility index (Phi) is 2.41. The van der Waals surface area contributed by atoms with Gasteiger partial charge in [-0.3, -0.25) is 5.10 Å². The first-order valence-electron chi connectivity index (χ1n) is 4.28. The second kappa shape index (κ2) is 3.72. The predicted molar refractivity (Wildman–Crippen MR) is 57.3 cm³/mol. The van der Waals surface area contributed by atoms with Gasteiger partial charge in [-0.05, 0) is 11.6 Å². The van der Waals surface area contributed by atoms with Crippen molar-refractivity contribution in [1.82, 2.24) is 10.2 Å². The van der Waals surface area contributed by atoms with E-state index in [2.05, 4.69) is 10.2 Å². The minimum Gasteiger partial charge on any atom is -0.384 e. The standard InChI is InChI=1S/C10H10ClN3/c11-9-4-2-1-3-7(9)5-8-6-13-14-10(8)12/h1-4,6H,5H2,(H3,12,13,14). The fraction of sp³-hybridized carbons (Fsp3) is 0.100. The lowest BCUT2D eigenvalue weighted by molar-refractivity contribution is 1.10. The van der Waals surface area contributed by atoms with Crippen molar-refractivity contribution < 1.29 is 0 Å². The van der Waals surface area contributed by atoms with Crippen LogP contribution in [0.2, 0.25) is 5.02 Å². The van der Waals surface area contributed by atoms with Gasteiger partial charge in [0.05, 0.1) is 6.20 Å². The molecule has 72 valence electrons. The summed E-state index contributed by atoms with van der Waals surface area (Å²) < 4.78 is 0. The zero-order valence-electron chi connectivity index (χ0n) is 7.50. The molecule has 0 spiro atoms. The Morgan fingerprint density at radius 3 is 2.71 bits per heavy atom. The largest absolute Gasteiger partial charge is 0.384 e. The molecule has 3 N–H and O–H groups in total. The van der Waals surface area contributed by atoms with Gasteiger partial charge in [-0.15, -0.1) is 0 Å². The van der Waals surface area contributed by atoms with Gasteiger partial charge in [0.15, 0.2) is 0 Å². The third-order valence-electron chi connectivity index (χ3n) is 2.09. The number of aromatic nitrogens is 2. The normalized spacial score (nSPS) is 10.4. The van der Waals surface area contributed by atoms with E-state index in [1.54, 1.807) is 6.20 Å². The first-order chi connectivity index (χ1) is 6.77. The van der Waals surface area contributed by atoms with E-state index in [9.17, 15) is 0 Å². The van der Waals surface area contributed by atoms with Gasteiger partial charge in [-0.2, -0.15) is 5.10 Å². The summed E-state index contributed by atoms with van der Waals surface area (Å²) >= 11 is 6.02. The van der Waals surface area contributed by atoms with Crippen molar-refractivity contribution in [2.24, 2.45) is 0 Å². The second-order valence-electron chi connectivity index (χ2n) is 3.08. The Morgan fingerprint density at radius 1 is 1.29 bits per heavy atom. The first-order valence-corrected chi connectivity index (χ1v) is 4.66. The zero-order valence-corrected chi connectivity index (χ0v) is 8.25. The number of hydrogen-bond donors (Lipinski definition) is 2. The average Bonchev–Trinajstić information content (AvgIpc) is 2.56. The molecule has 0 aliphatic carbocycles. The SMILES string of the molecule is Nc1[nH]ncc1Cc1ccccc1Cl. The summed E-state index contributed by atoms with van der Waals surface area (Å²) in [5, 5.41) is 7.30. The smallest absolute Gasteiger partial charge is 0.122 e. The number of benzene rings is 1. The predicted octanol–water partition coefficient (Wildman–Crippen LogP) is 2.24. The van der Waals surface area contributed by atoms with E-state index in [0.29, 0.717) is 12.2 Å². The molecule has 2 rings (SSSR count). The maximum Gasteiger partial charge on any atom is 0.122 e. The van der Waals surface area contributed by atoms with Crippen molar-refractivity contribution in [3.05, 3.63) is 46.6 Å². The van der Waals surface area contributed by atoms with Crippen LogP contribution < -0.4 is 5.73 Å². The fourth-order valence-corrected chi connectivity index (χ4v) is 1.51. The lowest BCUT2D eigenvalue weighted by Crippen LogP contribution is -1.93. The van der Waals surface area contributed by atoms with Crippen molar-refractivity contribution in [2.45, 2.75) is 6.42 Å². The first kappa shape index (κ1) is 9.09. The molecule has 0 aliphatic rings. The Morgan fingerprint density at radius 2 is 2.07 bits per heavy atom. The molecular formula is C10H10ClN3. The van der Waals surface area contributed by atoms with Crippen LogP contribution in [0.25, 0.3) is 0 Å². The number of aromatic amines is 1. The van der Waals surface area contributed by atoms with Crippen LogP contribution in [0, 0.1) is 0 Å². The summed E-state index contributed by atoms with van der Waals surface area (Å²) in [4.78, 5) is 0. The average molecular weight is 208 g/mol. The van der Waals surface area contributed by atoms with Gasteiger partial charge < -0.3 is 5.73 Å². The van der Waals surface area contributed by atoms with Crippen molar-refractivity contribution in [1.29, 1.82) is 0 Å². The van der Waals surface area contributed by atoms with E-state index in [-0.39, 0.29) is 0 Å². The summed E-state index contributed by atoms with van der Waals surface area (Å²) in [6, 6.07) is 7.71. The fourth-order valence-electron chi connectivity index (χ4n) is 1.31. The molecule has 2 aromatic rings. The maximum absolute atomic E-state index is 6.02. The summed E-state index contributed by atoms with van der Waals surface area (Å²) in [6.45, 7) is 0. The third kappa shape index (κ3) is 1.72. The van der Waals surface area contributed by atoms with Crippen molar-refractivity contribution in [3.63, 3.8) is 0 Å². The molecule has 0 fully saturated rings. The van der Waals surface area contributed by atoms with Crippen molar-refractivity contribution in [3.8, 4) is 0 Å². The topological polar surface area (TPSA) is 54.7 Å². The lowest BCUT2D eigenvalue weighted by atomic mass is 10.1. The Balaban J connectivity index is 2.28. The minimum atomic E-state index is 0.602. The zero-order chi connectivity index (χ0) is 9.97. The Labute approximate surface area is 86.9 Å². The molecule has 0 saturated carbocycles. The number of hydrogen-bond acceptors (Lipinski definition) is 2. The highest BCUT2D eigenvalue weighted by Gasteiger charge is 2.04. The van der Waals surface area contributed by atoms with Crippen LogP contribution in [0.1, 0.15) is 11.1 Å². The molecule has 4 heteroatoms. The quantitative estimate of drug-likeness (QED) is 0.794. The van der Waals surface area contributed by atoms with E-state index in [0.717, 1.165) is 16.1 Å². The molecule has 1 heterocycles. The highest BCUT2D eigenvalue weighted by molar-refractivity contribution is 6.31. The minimum absolute atomic E-state index is 0.602. The number of nitrogens with one attached hydrogen (secondary N) is 1. The lowest BCUT2D eigenvalue weighted by Gasteiger charge is -2.02. The van der Waals surface area contributed by atoms with E-state index < -0.39 is 0 Å². The summed E-state index contributed by atoms with van der Waals surface area (Å²) in [6.07, 6.45) is 2.43. The molecule has 1 aromatic heterocycles. The summed E-state index contributed by atoms with van der Waals surface area (Å²) in [5.41, 5.74) is 7.71. The monoisotopic (exact) mass is 207 g/mol. The molecule has 0 radical (unpaired) electrons. The second-order valence-corrected chi connectivity index (χ2v) is 3.48. The Hall–Kier alpha value is -1.48. The highest BCUT2D eigenvalue weighted by Crippen LogP contribution is 2.20. The van der Waals surface area contributed by atoms with Crippen molar-refractivity contribution >= 4 is 17.4 Å². The van der Waals surface area contributed by atoms with Gasteiger partial charge in [0, 0.05) is 17.0 Å². The summed E-state index contributed by atoms with van der Waals surface area (Å²) in [5.74, 6) is 0.602.